The number of halogens is 2. The largest absolute Gasteiger partial charge is 0.504 e. The fourth-order valence-corrected chi connectivity index (χ4v) is 2.44. The molecule has 2 N–H and O–H groups in total. The van der Waals surface area contributed by atoms with Gasteiger partial charge < -0.3 is 19.7 Å². The van der Waals surface area contributed by atoms with Gasteiger partial charge in [0.1, 0.15) is 0 Å². The van der Waals surface area contributed by atoms with Crippen molar-refractivity contribution in [1.82, 2.24) is 0 Å². The zero-order valence-electron chi connectivity index (χ0n) is 15.5. The number of rotatable bonds is 6. The lowest BCUT2D eigenvalue weighted by atomic mass is 10.1. The molecular formula is C20H19F2NO5. The van der Waals surface area contributed by atoms with E-state index in [-0.39, 0.29) is 46.1 Å². The summed E-state index contributed by atoms with van der Waals surface area (Å²) in [6.07, 6.45) is 2.52. The predicted molar refractivity (Wildman–Crippen MR) is 100 cm³/mol. The standard InChI is InChI=1S/C20H19F2NO5/c1-4-11(9-12-5-7-14(24)18(27-2)16(12)21)20(26)23-10-13-6-8-15(25)19(28-3)17(13)22/h5-10,24-25H,4H2,1-3H3/b11-9+,23-10?. The topological polar surface area (TPSA) is 88.4 Å². The smallest absolute Gasteiger partial charge is 0.272 e. The van der Waals surface area contributed by atoms with Crippen LogP contribution in [0.3, 0.4) is 0 Å². The average Bonchev–Trinajstić information content (AvgIpc) is 2.67. The number of aromatic hydroxyl groups is 2. The van der Waals surface area contributed by atoms with Gasteiger partial charge in [0.05, 0.1) is 14.2 Å². The summed E-state index contributed by atoms with van der Waals surface area (Å²) in [5, 5.41) is 19.1. The number of phenols is 2. The monoisotopic (exact) mass is 391 g/mol. The summed E-state index contributed by atoms with van der Waals surface area (Å²) in [4.78, 5) is 16.0. The Morgan fingerprint density at radius 1 is 1.00 bits per heavy atom. The van der Waals surface area contributed by atoms with Gasteiger partial charge in [0.15, 0.2) is 34.6 Å². The fraction of sp³-hybridized carbons (Fsp3) is 0.200. The zero-order valence-corrected chi connectivity index (χ0v) is 15.5. The van der Waals surface area contributed by atoms with Gasteiger partial charge in [-0.1, -0.05) is 6.92 Å². The van der Waals surface area contributed by atoms with Gasteiger partial charge in [-0.2, -0.15) is 0 Å². The molecule has 0 saturated carbocycles. The van der Waals surface area contributed by atoms with Crippen molar-refractivity contribution in [1.29, 1.82) is 0 Å². The Labute approximate surface area is 160 Å². The first-order valence-electron chi connectivity index (χ1n) is 8.23. The van der Waals surface area contributed by atoms with E-state index >= 15 is 0 Å². The van der Waals surface area contributed by atoms with E-state index in [1.807, 2.05) is 0 Å². The summed E-state index contributed by atoms with van der Waals surface area (Å²) >= 11 is 0. The van der Waals surface area contributed by atoms with Crippen LogP contribution in [0.25, 0.3) is 6.08 Å². The molecule has 2 aromatic carbocycles. The van der Waals surface area contributed by atoms with Crippen molar-refractivity contribution in [2.45, 2.75) is 13.3 Å². The van der Waals surface area contributed by atoms with Crippen molar-refractivity contribution in [3.8, 4) is 23.0 Å². The highest BCUT2D eigenvalue weighted by molar-refractivity contribution is 6.04. The minimum Gasteiger partial charge on any atom is -0.504 e. The average molecular weight is 391 g/mol. The molecule has 0 aliphatic carbocycles. The van der Waals surface area contributed by atoms with Crippen LogP contribution in [0, 0.1) is 11.6 Å². The van der Waals surface area contributed by atoms with Crippen molar-refractivity contribution in [2.24, 2.45) is 4.99 Å². The number of carbonyl (C=O) groups is 1. The highest BCUT2D eigenvalue weighted by Crippen LogP contribution is 2.32. The van der Waals surface area contributed by atoms with E-state index in [4.69, 9.17) is 9.47 Å². The lowest BCUT2D eigenvalue weighted by molar-refractivity contribution is -0.114. The van der Waals surface area contributed by atoms with Gasteiger partial charge >= 0.3 is 0 Å². The SMILES string of the molecule is CC/C(=C\c1ccc(O)c(OC)c1F)C(=O)N=Cc1ccc(O)c(OC)c1F. The molecule has 0 bridgehead atoms. The minimum atomic E-state index is -0.865. The lowest BCUT2D eigenvalue weighted by Gasteiger charge is -2.08. The number of aliphatic imine (C=N–C) groups is 1. The Morgan fingerprint density at radius 3 is 2.00 bits per heavy atom. The number of amides is 1. The first-order valence-corrected chi connectivity index (χ1v) is 8.23. The zero-order chi connectivity index (χ0) is 20.8. The molecule has 1 amide bonds. The van der Waals surface area contributed by atoms with Crippen LogP contribution in [0.5, 0.6) is 23.0 Å². The van der Waals surface area contributed by atoms with Gasteiger partial charge in [-0.3, -0.25) is 4.79 Å². The van der Waals surface area contributed by atoms with Crippen molar-refractivity contribution < 1.29 is 33.3 Å². The first kappa shape index (κ1) is 20.9. The summed E-state index contributed by atoms with van der Waals surface area (Å²) in [6, 6.07) is 4.99. The van der Waals surface area contributed by atoms with E-state index in [2.05, 4.69) is 4.99 Å². The van der Waals surface area contributed by atoms with Gasteiger partial charge in [0.25, 0.3) is 5.91 Å². The number of phenolic OH excluding ortho intramolecular Hbond substituents is 2. The van der Waals surface area contributed by atoms with Crippen molar-refractivity contribution >= 4 is 18.2 Å². The van der Waals surface area contributed by atoms with E-state index in [1.165, 1.54) is 44.6 Å². The maximum absolute atomic E-state index is 14.4. The molecule has 6 nitrogen and oxygen atoms in total. The third-order valence-electron chi connectivity index (χ3n) is 3.93. The number of hydrogen-bond donors (Lipinski definition) is 2. The maximum Gasteiger partial charge on any atom is 0.272 e. The summed E-state index contributed by atoms with van der Waals surface area (Å²) in [5.41, 5.74) is 0.137. The van der Waals surface area contributed by atoms with Crippen LogP contribution in [0.15, 0.2) is 34.8 Å². The number of hydrogen-bond acceptors (Lipinski definition) is 5. The minimum absolute atomic E-state index is 0.0348. The summed E-state index contributed by atoms with van der Waals surface area (Å²) in [5.74, 6) is -3.82. The number of methoxy groups -OCH3 is 2. The molecule has 2 rings (SSSR count). The fourth-order valence-electron chi connectivity index (χ4n) is 2.44. The summed E-state index contributed by atoms with van der Waals surface area (Å²) in [7, 11) is 2.41. The molecule has 0 fully saturated rings. The van der Waals surface area contributed by atoms with E-state index in [9.17, 15) is 23.8 Å². The molecule has 0 radical (unpaired) electrons. The first-order chi connectivity index (χ1) is 13.3. The second kappa shape index (κ2) is 8.98. The molecule has 0 heterocycles. The van der Waals surface area contributed by atoms with Crippen molar-refractivity contribution in [3.63, 3.8) is 0 Å². The molecule has 0 atom stereocenters. The summed E-state index contributed by atoms with van der Waals surface area (Å²) < 4.78 is 38.1. The molecule has 0 saturated heterocycles. The normalized spacial score (nSPS) is 11.7. The maximum atomic E-state index is 14.4. The van der Waals surface area contributed by atoms with Crippen molar-refractivity contribution in [2.75, 3.05) is 14.2 Å². The second-order valence-corrected chi connectivity index (χ2v) is 5.63. The Kier molecular flexibility index (Phi) is 6.70. The Hall–Kier alpha value is -3.42. The van der Waals surface area contributed by atoms with E-state index in [0.717, 1.165) is 6.21 Å². The van der Waals surface area contributed by atoms with Crippen molar-refractivity contribution in [3.05, 3.63) is 52.6 Å². The molecule has 0 aliphatic rings. The van der Waals surface area contributed by atoms with Gasteiger partial charge in [-0.15, -0.1) is 0 Å². The Morgan fingerprint density at radius 2 is 1.50 bits per heavy atom. The number of carbonyl (C=O) groups excluding carboxylic acids is 1. The summed E-state index contributed by atoms with van der Waals surface area (Å²) in [6.45, 7) is 1.68. The van der Waals surface area contributed by atoms with E-state index in [1.54, 1.807) is 6.92 Å². The molecule has 8 heteroatoms. The third-order valence-corrected chi connectivity index (χ3v) is 3.93. The Bertz CT molecular complexity index is 954. The molecule has 148 valence electrons. The molecule has 0 spiro atoms. The van der Waals surface area contributed by atoms with Gasteiger partial charge in [-0.05, 0) is 36.8 Å². The number of benzene rings is 2. The van der Waals surface area contributed by atoms with E-state index < -0.39 is 17.5 Å². The van der Waals surface area contributed by atoms with Crippen LogP contribution >= 0.6 is 0 Å². The third kappa shape index (κ3) is 4.28. The lowest BCUT2D eigenvalue weighted by Crippen LogP contribution is -2.01. The second-order valence-electron chi connectivity index (χ2n) is 5.63. The van der Waals surface area contributed by atoms with E-state index in [0.29, 0.717) is 0 Å². The van der Waals surface area contributed by atoms with Crippen LogP contribution in [-0.2, 0) is 4.79 Å². The molecule has 0 aromatic heterocycles. The van der Waals surface area contributed by atoms with Crippen LogP contribution in [0.1, 0.15) is 24.5 Å². The highest BCUT2D eigenvalue weighted by Gasteiger charge is 2.15. The van der Waals surface area contributed by atoms with Gasteiger partial charge in [0, 0.05) is 22.9 Å². The quantitative estimate of drug-likeness (QED) is 0.577. The van der Waals surface area contributed by atoms with Gasteiger partial charge in [-0.25, -0.2) is 13.8 Å². The van der Waals surface area contributed by atoms with Crippen LogP contribution in [-0.4, -0.2) is 36.6 Å². The van der Waals surface area contributed by atoms with Crippen LogP contribution in [0.2, 0.25) is 0 Å². The van der Waals surface area contributed by atoms with Crippen LogP contribution in [0.4, 0.5) is 8.78 Å². The molecule has 0 unspecified atom stereocenters. The predicted octanol–water partition coefficient (Wildman–Crippen LogP) is 3.83. The molecular weight excluding hydrogens is 372 g/mol. The van der Waals surface area contributed by atoms with Crippen LogP contribution < -0.4 is 9.47 Å². The highest BCUT2D eigenvalue weighted by atomic mass is 19.1. The Balaban J connectivity index is 2.35. The molecule has 2 aromatic rings. The molecule has 0 aliphatic heterocycles. The number of ether oxygens (including phenoxy) is 2. The number of nitrogens with zero attached hydrogens (tertiary/aromatic N) is 1. The van der Waals surface area contributed by atoms with Gasteiger partial charge in [0.2, 0.25) is 0 Å². The molecule has 28 heavy (non-hydrogen) atoms.